The number of anilines is 1. The van der Waals surface area contributed by atoms with Gasteiger partial charge in [0.05, 0.1) is 11.6 Å². The van der Waals surface area contributed by atoms with Gasteiger partial charge in [-0.3, -0.25) is 0 Å². The van der Waals surface area contributed by atoms with Gasteiger partial charge in [-0.15, -0.1) is 0 Å². The molecule has 0 aliphatic rings. The van der Waals surface area contributed by atoms with Crippen molar-refractivity contribution < 1.29 is 9.47 Å². The molecule has 4 aromatic carbocycles. The highest BCUT2D eigenvalue weighted by Crippen LogP contribution is 2.37. The van der Waals surface area contributed by atoms with Gasteiger partial charge >= 0.3 is 0 Å². The highest BCUT2D eigenvalue weighted by atomic mass is 35.5. The molecule has 0 aliphatic carbocycles. The second-order valence-corrected chi connectivity index (χ2v) is 7.98. The van der Waals surface area contributed by atoms with Crippen LogP contribution in [0.5, 0.6) is 11.5 Å². The molecule has 0 saturated carbocycles. The highest BCUT2D eigenvalue weighted by molar-refractivity contribution is 6.32. The molecule has 0 aliphatic heterocycles. The Morgan fingerprint density at radius 3 is 2.45 bits per heavy atom. The van der Waals surface area contributed by atoms with Gasteiger partial charge < -0.3 is 14.8 Å². The van der Waals surface area contributed by atoms with Crippen molar-refractivity contribution in [1.29, 1.82) is 0 Å². The fourth-order valence-electron chi connectivity index (χ4n) is 3.49. The minimum Gasteiger partial charge on any atom is -0.490 e. The molecule has 3 nitrogen and oxygen atoms in total. The first-order valence-electron chi connectivity index (χ1n) is 10.2. The van der Waals surface area contributed by atoms with Crippen LogP contribution in [0.4, 0.5) is 5.69 Å². The van der Waals surface area contributed by atoms with E-state index in [4.69, 9.17) is 32.7 Å². The fourth-order valence-corrected chi connectivity index (χ4v) is 3.99. The van der Waals surface area contributed by atoms with E-state index in [1.165, 1.54) is 10.8 Å². The smallest absolute Gasteiger partial charge is 0.180 e. The second-order valence-electron chi connectivity index (χ2n) is 7.14. The molecule has 0 heterocycles. The molecule has 31 heavy (non-hydrogen) atoms. The van der Waals surface area contributed by atoms with E-state index < -0.39 is 0 Å². The van der Waals surface area contributed by atoms with Crippen molar-refractivity contribution in [3.63, 3.8) is 0 Å². The third-order valence-electron chi connectivity index (χ3n) is 4.91. The van der Waals surface area contributed by atoms with E-state index in [2.05, 4.69) is 35.6 Å². The standard InChI is InChI=1S/C26H23Cl2NO2/c1-2-30-25-15-19(16-29-24-12-6-9-20-8-3-4-11-22(20)24)14-23(28)26(25)31-17-18-7-5-10-21(27)13-18/h3-15,29H,2,16-17H2,1H3. The first kappa shape index (κ1) is 21.4. The van der Waals surface area contributed by atoms with Gasteiger partial charge in [0.25, 0.3) is 0 Å². The van der Waals surface area contributed by atoms with Gasteiger partial charge in [0.15, 0.2) is 11.5 Å². The summed E-state index contributed by atoms with van der Waals surface area (Å²) in [4.78, 5) is 0. The van der Waals surface area contributed by atoms with E-state index in [0.717, 1.165) is 16.8 Å². The number of halogens is 2. The molecule has 0 atom stereocenters. The summed E-state index contributed by atoms with van der Waals surface area (Å²) in [5.74, 6) is 1.17. The summed E-state index contributed by atoms with van der Waals surface area (Å²) >= 11 is 12.7. The molecule has 0 bridgehead atoms. The molecule has 1 N–H and O–H groups in total. The summed E-state index contributed by atoms with van der Waals surface area (Å²) in [5, 5.41) is 7.09. The molecule has 0 saturated heterocycles. The minimum atomic E-state index is 0.355. The summed E-state index contributed by atoms with van der Waals surface area (Å²) < 4.78 is 11.8. The van der Waals surface area contributed by atoms with Crippen LogP contribution in [0.3, 0.4) is 0 Å². The molecule has 158 valence electrons. The molecule has 0 unspecified atom stereocenters. The number of hydrogen-bond acceptors (Lipinski definition) is 3. The largest absolute Gasteiger partial charge is 0.490 e. The first-order chi connectivity index (χ1) is 15.1. The average Bonchev–Trinajstić information content (AvgIpc) is 2.77. The highest BCUT2D eigenvalue weighted by Gasteiger charge is 2.13. The van der Waals surface area contributed by atoms with Gasteiger partial charge in [0, 0.05) is 22.6 Å². The third-order valence-corrected chi connectivity index (χ3v) is 5.43. The molecule has 0 aromatic heterocycles. The predicted molar refractivity (Wildman–Crippen MR) is 130 cm³/mol. The van der Waals surface area contributed by atoms with E-state index in [1.54, 1.807) is 0 Å². The van der Waals surface area contributed by atoms with E-state index in [1.807, 2.05) is 55.5 Å². The SMILES string of the molecule is CCOc1cc(CNc2cccc3ccccc23)cc(Cl)c1OCc1cccc(Cl)c1. The van der Waals surface area contributed by atoms with Gasteiger partial charge in [-0.25, -0.2) is 0 Å². The van der Waals surface area contributed by atoms with Crippen LogP contribution in [0.15, 0.2) is 78.9 Å². The summed E-state index contributed by atoms with van der Waals surface area (Å²) in [5.41, 5.74) is 3.05. The lowest BCUT2D eigenvalue weighted by molar-refractivity contribution is 0.269. The van der Waals surface area contributed by atoms with Crippen LogP contribution in [0.2, 0.25) is 10.0 Å². The van der Waals surface area contributed by atoms with Crippen LogP contribution < -0.4 is 14.8 Å². The molecule has 4 aromatic rings. The van der Waals surface area contributed by atoms with Crippen LogP contribution in [0.1, 0.15) is 18.1 Å². The molecule has 0 radical (unpaired) electrons. The Morgan fingerprint density at radius 1 is 0.806 bits per heavy atom. The number of nitrogens with one attached hydrogen (secondary N) is 1. The minimum absolute atomic E-state index is 0.355. The third kappa shape index (κ3) is 5.25. The number of fused-ring (bicyclic) bond motifs is 1. The normalized spacial score (nSPS) is 10.8. The molecule has 0 amide bonds. The fraction of sp³-hybridized carbons (Fsp3) is 0.154. The molecule has 0 spiro atoms. The van der Waals surface area contributed by atoms with Gasteiger partial charge in [-0.1, -0.05) is 71.7 Å². The van der Waals surface area contributed by atoms with Gasteiger partial charge in [-0.2, -0.15) is 0 Å². The van der Waals surface area contributed by atoms with Gasteiger partial charge in [0.2, 0.25) is 0 Å². The topological polar surface area (TPSA) is 30.5 Å². The summed E-state index contributed by atoms with van der Waals surface area (Å²) in [6, 6.07) is 26.0. The predicted octanol–water partition coefficient (Wildman–Crippen LogP) is 7.74. The number of ether oxygens (including phenoxy) is 2. The Balaban J connectivity index is 1.53. The molecular weight excluding hydrogens is 429 g/mol. The van der Waals surface area contributed by atoms with Crippen molar-refractivity contribution in [3.05, 3.63) is 100 Å². The van der Waals surface area contributed by atoms with Crippen LogP contribution in [0, 0.1) is 0 Å². The number of hydrogen-bond donors (Lipinski definition) is 1. The van der Waals surface area contributed by atoms with Crippen molar-refractivity contribution in [2.75, 3.05) is 11.9 Å². The number of benzene rings is 4. The van der Waals surface area contributed by atoms with Gasteiger partial charge in [-0.05, 0) is 53.8 Å². The maximum absolute atomic E-state index is 6.59. The first-order valence-corrected chi connectivity index (χ1v) is 10.9. The molecule has 5 heteroatoms. The van der Waals surface area contributed by atoms with Crippen molar-refractivity contribution in [1.82, 2.24) is 0 Å². The zero-order chi connectivity index (χ0) is 21.6. The Morgan fingerprint density at radius 2 is 1.61 bits per heavy atom. The molecular formula is C26H23Cl2NO2. The van der Waals surface area contributed by atoms with E-state index >= 15 is 0 Å². The Hall–Kier alpha value is -2.88. The lowest BCUT2D eigenvalue weighted by atomic mass is 10.1. The van der Waals surface area contributed by atoms with Crippen molar-refractivity contribution >= 4 is 39.7 Å². The quantitative estimate of drug-likeness (QED) is 0.297. The maximum Gasteiger partial charge on any atom is 0.180 e. The van der Waals surface area contributed by atoms with Crippen LogP contribution >= 0.6 is 23.2 Å². The van der Waals surface area contributed by atoms with Crippen LogP contribution in [-0.2, 0) is 13.2 Å². The Labute approximate surface area is 192 Å². The van der Waals surface area contributed by atoms with Crippen LogP contribution in [0.25, 0.3) is 10.8 Å². The Kier molecular flexibility index (Phi) is 6.86. The molecule has 4 rings (SSSR count). The van der Waals surface area contributed by atoms with Crippen LogP contribution in [-0.4, -0.2) is 6.61 Å². The maximum atomic E-state index is 6.59. The lowest BCUT2D eigenvalue weighted by Crippen LogP contribution is -2.04. The second kappa shape index (κ2) is 9.95. The van der Waals surface area contributed by atoms with E-state index in [-0.39, 0.29) is 0 Å². The zero-order valence-corrected chi connectivity index (χ0v) is 18.7. The lowest BCUT2D eigenvalue weighted by Gasteiger charge is -2.16. The summed E-state index contributed by atoms with van der Waals surface area (Å²) in [6.45, 7) is 3.43. The summed E-state index contributed by atoms with van der Waals surface area (Å²) in [6.07, 6.45) is 0. The van der Waals surface area contributed by atoms with Crippen molar-refractivity contribution in [2.45, 2.75) is 20.1 Å². The average molecular weight is 452 g/mol. The van der Waals surface area contributed by atoms with Gasteiger partial charge in [0.1, 0.15) is 6.61 Å². The number of rotatable bonds is 8. The summed E-state index contributed by atoms with van der Waals surface area (Å²) in [7, 11) is 0. The zero-order valence-electron chi connectivity index (χ0n) is 17.2. The monoisotopic (exact) mass is 451 g/mol. The Bertz CT molecular complexity index is 1190. The van der Waals surface area contributed by atoms with E-state index in [9.17, 15) is 0 Å². The van der Waals surface area contributed by atoms with E-state index in [0.29, 0.717) is 41.3 Å². The van der Waals surface area contributed by atoms with Crippen molar-refractivity contribution in [2.24, 2.45) is 0 Å². The van der Waals surface area contributed by atoms with Crippen molar-refractivity contribution in [3.8, 4) is 11.5 Å². The molecule has 0 fully saturated rings.